The Morgan fingerprint density at radius 2 is 2.07 bits per heavy atom. The molecule has 136 valence electrons. The Morgan fingerprint density at radius 1 is 1.22 bits per heavy atom. The topological polar surface area (TPSA) is 87.5 Å². The second kappa shape index (κ2) is 6.95. The Bertz CT molecular complexity index is 998. The first kappa shape index (κ1) is 16.8. The standard InChI is InChI=1S/C20H18N4O3/c1-2-24-17-6-4-3-5-15(17)20(26)23-16-9-13(7-8-18(16)24)19(25)22-11-14-10-21-12-27-14/h3-10,12H,2,11H2,1H3,(H,22,25)(H,23,26). The Morgan fingerprint density at radius 3 is 2.85 bits per heavy atom. The molecule has 4 rings (SSSR count). The van der Waals surface area contributed by atoms with Gasteiger partial charge in [-0.15, -0.1) is 0 Å². The van der Waals surface area contributed by atoms with E-state index in [0.29, 0.717) is 29.1 Å². The summed E-state index contributed by atoms with van der Waals surface area (Å²) in [4.78, 5) is 31.0. The van der Waals surface area contributed by atoms with Crippen molar-refractivity contribution in [1.82, 2.24) is 10.3 Å². The molecule has 3 aromatic rings. The van der Waals surface area contributed by atoms with Crippen molar-refractivity contribution in [3.63, 3.8) is 0 Å². The van der Waals surface area contributed by atoms with Gasteiger partial charge >= 0.3 is 0 Å². The van der Waals surface area contributed by atoms with Crippen molar-refractivity contribution >= 4 is 28.9 Å². The van der Waals surface area contributed by atoms with Crippen molar-refractivity contribution in [2.45, 2.75) is 13.5 Å². The van der Waals surface area contributed by atoms with Crippen molar-refractivity contribution in [3.8, 4) is 0 Å². The molecule has 0 spiro atoms. The summed E-state index contributed by atoms with van der Waals surface area (Å²) in [5, 5.41) is 5.70. The molecule has 2 aromatic carbocycles. The minimum absolute atomic E-state index is 0.193. The summed E-state index contributed by atoms with van der Waals surface area (Å²) in [5.74, 6) is 0.120. The van der Waals surface area contributed by atoms with Gasteiger partial charge in [-0.25, -0.2) is 4.98 Å². The lowest BCUT2D eigenvalue weighted by atomic mass is 10.1. The molecule has 1 aromatic heterocycles. The van der Waals surface area contributed by atoms with Gasteiger partial charge in [-0.05, 0) is 37.3 Å². The second-order valence-electron chi connectivity index (χ2n) is 6.10. The fraction of sp³-hybridized carbons (Fsp3) is 0.150. The Balaban J connectivity index is 1.65. The first-order valence-electron chi connectivity index (χ1n) is 8.65. The number of nitrogens with zero attached hydrogens (tertiary/aromatic N) is 2. The number of aromatic nitrogens is 1. The van der Waals surface area contributed by atoms with E-state index < -0.39 is 0 Å². The largest absolute Gasteiger partial charge is 0.447 e. The molecule has 2 amide bonds. The molecular formula is C20H18N4O3. The van der Waals surface area contributed by atoms with Crippen LogP contribution in [0.4, 0.5) is 17.1 Å². The van der Waals surface area contributed by atoms with Crippen LogP contribution in [0.15, 0.2) is 59.5 Å². The van der Waals surface area contributed by atoms with Crippen LogP contribution >= 0.6 is 0 Å². The van der Waals surface area contributed by atoms with Gasteiger partial charge < -0.3 is 20.0 Å². The van der Waals surface area contributed by atoms with Crippen molar-refractivity contribution < 1.29 is 14.0 Å². The number of carbonyl (C=O) groups excluding carboxylic acids is 2. The zero-order valence-corrected chi connectivity index (χ0v) is 14.7. The predicted octanol–water partition coefficient (Wildman–Crippen LogP) is 3.33. The average Bonchev–Trinajstić information content (AvgIpc) is 3.17. The minimum atomic E-state index is -0.256. The van der Waals surface area contributed by atoms with Gasteiger partial charge in [0.2, 0.25) is 0 Å². The highest BCUT2D eigenvalue weighted by atomic mass is 16.3. The van der Waals surface area contributed by atoms with E-state index in [1.54, 1.807) is 24.4 Å². The van der Waals surface area contributed by atoms with E-state index in [2.05, 4.69) is 20.5 Å². The van der Waals surface area contributed by atoms with Crippen molar-refractivity contribution in [3.05, 3.63) is 71.9 Å². The number of hydrogen-bond acceptors (Lipinski definition) is 5. The molecule has 0 aliphatic carbocycles. The average molecular weight is 362 g/mol. The summed E-state index contributed by atoms with van der Waals surface area (Å²) < 4.78 is 5.12. The van der Waals surface area contributed by atoms with Gasteiger partial charge in [0.05, 0.1) is 35.4 Å². The van der Waals surface area contributed by atoms with Crippen LogP contribution in [0.25, 0.3) is 0 Å². The molecular weight excluding hydrogens is 344 g/mol. The van der Waals surface area contributed by atoms with E-state index in [1.807, 2.05) is 31.2 Å². The number of oxazole rings is 1. The van der Waals surface area contributed by atoms with E-state index in [0.717, 1.165) is 11.4 Å². The maximum atomic E-state index is 12.6. The Labute approximate surface area is 156 Å². The van der Waals surface area contributed by atoms with Crippen molar-refractivity contribution in [1.29, 1.82) is 0 Å². The van der Waals surface area contributed by atoms with E-state index in [4.69, 9.17) is 4.42 Å². The van der Waals surface area contributed by atoms with Gasteiger partial charge in [-0.2, -0.15) is 0 Å². The van der Waals surface area contributed by atoms with E-state index in [-0.39, 0.29) is 18.4 Å². The van der Waals surface area contributed by atoms with Gasteiger partial charge in [0, 0.05) is 12.1 Å². The minimum Gasteiger partial charge on any atom is -0.447 e. The van der Waals surface area contributed by atoms with E-state index >= 15 is 0 Å². The van der Waals surface area contributed by atoms with Gasteiger partial charge in [-0.3, -0.25) is 9.59 Å². The highest BCUT2D eigenvalue weighted by Crippen LogP contribution is 2.37. The fourth-order valence-corrected chi connectivity index (χ4v) is 3.17. The van der Waals surface area contributed by atoms with Crippen LogP contribution in [0.2, 0.25) is 0 Å². The maximum Gasteiger partial charge on any atom is 0.257 e. The zero-order chi connectivity index (χ0) is 18.8. The normalized spacial score (nSPS) is 12.6. The summed E-state index contributed by atoms with van der Waals surface area (Å²) in [7, 11) is 0. The SMILES string of the molecule is CCN1c2ccc(C(=O)NCc3cnco3)cc2NC(=O)c2ccccc21. The molecule has 0 radical (unpaired) electrons. The van der Waals surface area contributed by atoms with Crippen LogP contribution in [0.3, 0.4) is 0 Å². The van der Waals surface area contributed by atoms with Gasteiger partial charge in [0.1, 0.15) is 5.76 Å². The smallest absolute Gasteiger partial charge is 0.257 e. The van der Waals surface area contributed by atoms with Crippen molar-refractivity contribution in [2.24, 2.45) is 0 Å². The third-order valence-corrected chi connectivity index (χ3v) is 4.46. The summed E-state index contributed by atoms with van der Waals surface area (Å²) >= 11 is 0. The number of benzene rings is 2. The maximum absolute atomic E-state index is 12.6. The predicted molar refractivity (Wildman–Crippen MR) is 101 cm³/mol. The third kappa shape index (κ3) is 3.15. The van der Waals surface area contributed by atoms with Gasteiger partial charge in [-0.1, -0.05) is 12.1 Å². The number of carbonyl (C=O) groups is 2. The number of amides is 2. The molecule has 0 saturated heterocycles. The van der Waals surface area contributed by atoms with Crippen LogP contribution in [0.5, 0.6) is 0 Å². The second-order valence-corrected chi connectivity index (χ2v) is 6.10. The van der Waals surface area contributed by atoms with E-state index in [9.17, 15) is 9.59 Å². The molecule has 7 nitrogen and oxygen atoms in total. The summed E-state index contributed by atoms with van der Waals surface area (Å²) in [6.45, 7) is 2.96. The highest BCUT2D eigenvalue weighted by Gasteiger charge is 2.24. The van der Waals surface area contributed by atoms with Crippen LogP contribution < -0.4 is 15.5 Å². The molecule has 0 saturated carbocycles. The first-order valence-corrected chi connectivity index (χ1v) is 8.65. The molecule has 0 unspecified atom stereocenters. The zero-order valence-electron chi connectivity index (χ0n) is 14.7. The molecule has 0 atom stereocenters. The molecule has 27 heavy (non-hydrogen) atoms. The number of hydrogen-bond donors (Lipinski definition) is 2. The molecule has 2 N–H and O–H groups in total. The molecule has 1 aliphatic heterocycles. The summed E-state index contributed by atoms with van der Waals surface area (Å²) in [6, 6.07) is 12.8. The third-order valence-electron chi connectivity index (χ3n) is 4.46. The first-order chi connectivity index (χ1) is 13.2. The lowest BCUT2D eigenvalue weighted by molar-refractivity contribution is 0.0947. The number of anilines is 3. The Hall–Kier alpha value is -3.61. The molecule has 0 bridgehead atoms. The lowest BCUT2D eigenvalue weighted by Gasteiger charge is -2.24. The monoisotopic (exact) mass is 362 g/mol. The highest BCUT2D eigenvalue weighted by molar-refractivity contribution is 6.13. The van der Waals surface area contributed by atoms with Crippen molar-refractivity contribution in [2.75, 3.05) is 16.8 Å². The van der Waals surface area contributed by atoms with Gasteiger partial charge in [0.25, 0.3) is 11.8 Å². The fourth-order valence-electron chi connectivity index (χ4n) is 3.17. The lowest BCUT2D eigenvalue weighted by Crippen LogP contribution is -2.23. The summed E-state index contributed by atoms with van der Waals surface area (Å²) in [5.41, 5.74) is 3.36. The van der Waals surface area contributed by atoms with Crippen LogP contribution in [-0.2, 0) is 6.54 Å². The molecule has 2 heterocycles. The number of para-hydroxylation sites is 1. The van der Waals surface area contributed by atoms with Gasteiger partial charge in [0.15, 0.2) is 6.39 Å². The Kier molecular flexibility index (Phi) is 4.33. The number of fused-ring (bicyclic) bond motifs is 2. The number of rotatable bonds is 4. The molecule has 1 aliphatic rings. The van der Waals surface area contributed by atoms with Crippen LogP contribution in [0, 0.1) is 0 Å². The molecule has 0 fully saturated rings. The number of nitrogens with one attached hydrogen (secondary N) is 2. The van der Waals surface area contributed by atoms with E-state index in [1.165, 1.54) is 6.39 Å². The summed E-state index contributed by atoms with van der Waals surface area (Å²) in [6.07, 6.45) is 2.87. The molecule has 7 heteroatoms. The van der Waals surface area contributed by atoms with Crippen LogP contribution in [-0.4, -0.2) is 23.3 Å². The quantitative estimate of drug-likeness (QED) is 0.743. The van der Waals surface area contributed by atoms with Crippen LogP contribution in [0.1, 0.15) is 33.4 Å².